The highest BCUT2D eigenvalue weighted by atomic mass is 16.3. The van der Waals surface area contributed by atoms with Gasteiger partial charge >= 0.3 is 0 Å². The Morgan fingerprint density at radius 3 is 1.62 bits per heavy atom. The van der Waals surface area contributed by atoms with E-state index in [0.717, 1.165) is 50.1 Å². The standard InChI is InChI=1S/C52H32N2O/c1-2-12-35(13-3-1)53(36-28-24-33(25-29-36)38-17-10-20-44-41-16-6-9-23-49(41)55-52(38)44)37-30-26-34(27-31-37)45-32-46-40-15-5-8-22-48(40)54-47-21-7-4-14-39(47)42-18-11-19-43(45)50(42)51(46)54/h1-32H. The van der Waals surface area contributed by atoms with E-state index in [1.807, 2.05) is 12.1 Å². The second-order valence-electron chi connectivity index (χ2n) is 14.5. The third-order valence-corrected chi connectivity index (χ3v) is 11.5. The number of furan rings is 1. The second kappa shape index (κ2) is 11.6. The minimum absolute atomic E-state index is 0.911. The van der Waals surface area contributed by atoms with E-state index in [2.05, 4.69) is 191 Å². The molecular weight excluding hydrogens is 669 g/mol. The third-order valence-electron chi connectivity index (χ3n) is 11.5. The number of fused-ring (bicyclic) bond motifs is 9. The molecule has 12 rings (SSSR count). The molecule has 0 amide bonds. The Hall–Kier alpha value is -7.36. The molecule has 3 heteroatoms. The normalized spacial score (nSPS) is 12.0. The van der Waals surface area contributed by atoms with Gasteiger partial charge in [0.1, 0.15) is 11.2 Å². The van der Waals surface area contributed by atoms with E-state index in [-0.39, 0.29) is 0 Å². The van der Waals surface area contributed by atoms with Gasteiger partial charge in [-0.3, -0.25) is 0 Å². The van der Waals surface area contributed by atoms with Crippen LogP contribution in [0.15, 0.2) is 199 Å². The molecule has 55 heavy (non-hydrogen) atoms. The molecule has 9 aromatic carbocycles. The van der Waals surface area contributed by atoms with Gasteiger partial charge < -0.3 is 13.7 Å². The first kappa shape index (κ1) is 30.1. The summed E-state index contributed by atoms with van der Waals surface area (Å²) in [7, 11) is 0. The second-order valence-corrected chi connectivity index (χ2v) is 14.5. The molecule has 0 aliphatic carbocycles. The number of benzene rings is 9. The summed E-state index contributed by atoms with van der Waals surface area (Å²) in [5.74, 6) is 0. The zero-order valence-electron chi connectivity index (χ0n) is 29.8. The molecule has 3 aromatic heterocycles. The molecule has 256 valence electrons. The molecule has 0 unspecified atom stereocenters. The minimum atomic E-state index is 0.911. The van der Waals surface area contributed by atoms with Crippen LogP contribution in [0.1, 0.15) is 0 Å². The molecular formula is C52H32N2O. The van der Waals surface area contributed by atoms with Gasteiger partial charge in [0, 0.05) is 54.9 Å². The van der Waals surface area contributed by atoms with Crippen molar-refractivity contribution in [2.75, 3.05) is 4.90 Å². The van der Waals surface area contributed by atoms with E-state index in [0.29, 0.717) is 0 Å². The topological polar surface area (TPSA) is 20.8 Å². The first-order valence-electron chi connectivity index (χ1n) is 18.9. The lowest BCUT2D eigenvalue weighted by Crippen LogP contribution is -2.09. The summed E-state index contributed by atoms with van der Waals surface area (Å²) in [5.41, 5.74) is 13.6. The summed E-state index contributed by atoms with van der Waals surface area (Å²) in [6.45, 7) is 0. The van der Waals surface area contributed by atoms with Crippen molar-refractivity contribution < 1.29 is 4.42 Å². The van der Waals surface area contributed by atoms with Gasteiger partial charge in [0.05, 0.1) is 16.6 Å². The number of hydrogen-bond acceptors (Lipinski definition) is 2. The minimum Gasteiger partial charge on any atom is -0.455 e. The predicted molar refractivity (Wildman–Crippen MR) is 231 cm³/mol. The van der Waals surface area contributed by atoms with Gasteiger partial charge in [-0.05, 0) is 88.1 Å². The number of aromatic nitrogens is 1. The van der Waals surface area contributed by atoms with Crippen LogP contribution in [0.2, 0.25) is 0 Å². The first-order chi connectivity index (χ1) is 27.3. The largest absolute Gasteiger partial charge is 0.455 e. The number of nitrogens with zero attached hydrogens (tertiary/aromatic N) is 2. The molecule has 0 fully saturated rings. The van der Waals surface area contributed by atoms with Gasteiger partial charge in [0.2, 0.25) is 0 Å². The van der Waals surface area contributed by atoms with E-state index in [9.17, 15) is 0 Å². The maximum atomic E-state index is 6.39. The average Bonchev–Trinajstić information content (AvgIpc) is 3.81. The lowest BCUT2D eigenvalue weighted by Gasteiger charge is -2.26. The fourth-order valence-corrected chi connectivity index (χ4v) is 9.10. The molecule has 0 spiro atoms. The summed E-state index contributed by atoms with van der Waals surface area (Å²) >= 11 is 0. The number of rotatable bonds is 5. The Kier molecular flexibility index (Phi) is 6.34. The third kappa shape index (κ3) is 4.38. The Labute approximate surface area is 316 Å². The highest BCUT2D eigenvalue weighted by Crippen LogP contribution is 2.46. The molecule has 0 aliphatic heterocycles. The zero-order valence-corrected chi connectivity index (χ0v) is 29.8. The summed E-state index contributed by atoms with van der Waals surface area (Å²) in [6, 6.07) is 70.1. The molecule has 3 heterocycles. The Morgan fingerprint density at radius 2 is 0.891 bits per heavy atom. The number of para-hydroxylation sites is 5. The Balaban J connectivity index is 0.996. The van der Waals surface area contributed by atoms with Crippen LogP contribution in [0.4, 0.5) is 17.1 Å². The molecule has 0 saturated carbocycles. The van der Waals surface area contributed by atoms with E-state index >= 15 is 0 Å². The van der Waals surface area contributed by atoms with Crippen LogP contribution in [-0.4, -0.2) is 4.40 Å². The molecule has 3 nitrogen and oxygen atoms in total. The molecule has 0 radical (unpaired) electrons. The average molecular weight is 701 g/mol. The fourth-order valence-electron chi connectivity index (χ4n) is 9.10. The van der Waals surface area contributed by atoms with Gasteiger partial charge in [0.25, 0.3) is 0 Å². The quantitative estimate of drug-likeness (QED) is 0.132. The fraction of sp³-hybridized carbons (Fsp3) is 0. The molecule has 12 aromatic rings. The summed E-state index contributed by atoms with van der Waals surface area (Å²) in [4.78, 5) is 2.33. The molecule has 0 bridgehead atoms. The van der Waals surface area contributed by atoms with Crippen LogP contribution in [0.5, 0.6) is 0 Å². The van der Waals surface area contributed by atoms with Gasteiger partial charge in [-0.1, -0.05) is 133 Å². The van der Waals surface area contributed by atoms with E-state index in [1.165, 1.54) is 60.0 Å². The first-order valence-corrected chi connectivity index (χ1v) is 18.9. The van der Waals surface area contributed by atoms with Crippen LogP contribution in [-0.2, 0) is 0 Å². The smallest absolute Gasteiger partial charge is 0.143 e. The van der Waals surface area contributed by atoms with Gasteiger partial charge in [-0.2, -0.15) is 0 Å². The van der Waals surface area contributed by atoms with Crippen molar-refractivity contribution in [3.8, 4) is 22.3 Å². The van der Waals surface area contributed by atoms with E-state index in [1.54, 1.807) is 0 Å². The lowest BCUT2D eigenvalue weighted by molar-refractivity contribution is 0.670. The van der Waals surface area contributed by atoms with Crippen molar-refractivity contribution in [1.82, 2.24) is 4.40 Å². The number of pyridine rings is 1. The van der Waals surface area contributed by atoms with Crippen LogP contribution in [0.25, 0.3) is 93.1 Å². The maximum Gasteiger partial charge on any atom is 0.143 e. The van der Waals surface area contributed by atoms with Crippen molar-refractivity contribution in [3.63, 3.8) is 0 Å². The molecule has 0 atom stereocenters. The van der Waals surface area contributed by atoms with Crippen LogP contribution in [0, 0.1) is 0 Å². The highest BCUT2D eigenvalue weighted by molar-refractivity contribution is 6.31. The summed E-state index contributed by atoms with van der Waals surface area (Å²) in [5, 5.41) is 10.00. The van der Waals surface area contributed by atoms with Crippen molar-refractivity contribution in [2.45, 2.75) is 0 Å². The van der Waals surface area contributed by atoms with Crippen molar-refractivity contribution in [1.29, 1.82) is 0 Å². The lowest BCUT2D eigenvalue weighted by atomic mass is 9.92. The van der Waals surface area contributed by atoms with Crippen LogP contribution < -0.4 is 4.90 Å². The molecule has 0 saturated heterocycles. The van der Waals surface area contributed by atoms with Gasteiger partial charge in [-0.25, -0.2) is 0 Å². The predicted octanol–water partition coefficient (Wildman–Crippen LogP) is 14.7. The SMILES string of the molecule is c1ccc(N(c2ccc(-c3cc4c5ccccc5n5c6ccccc6c6cccc3c6c45)cc2)c2ccc(-c3cccc4c3oc3ccccc34)cc2)cc1. The monoisotopic (exact) mass is 700 g/mol. The van der Waals surface area contributed by atoms with Crippen LogP contribution >= 0.6 is 0 Å². The zero-order chi connectivity index (χ0) is 36.0. The van der Waals surface area contributed by atoms with Crippen LogP contribution in [0.3, 0.4) is 0 Å². The van der Waals surface area contributed by atoms with E-state index < -0.39 is 0 Å². The molecule has 0 N–H and O–H groups in total. The number of anilines is 3. The van der Waals surface area contributed by atoms with Crippen molar-refractivity contribution in [3.05, 3.63) is 194 Å². The van der Waals surface area contributed by atoms with E-state index in [4.69, 9.17) is 4.42 Å². The Bertz CT molecular complexity index is 3400. The van der Waals surface area contributed by atoms with Crippen molar-refractivity contribution in [2.24, 2.45) is 0 Å². The van der Waals surface area contributed by atoms with Crippen molar-refractivity contribution >= 4 is 87.9 Å². The number of hydrogen-bond donors (Lipinski definition) is 0. The van der Waals surface area contributed by atoms with Gasteiger partial charge in [-0.15, -0.1) is 0 Å². The Morgan fingerprint density at radius 1 is 0.364 bits per heavy atom. The van der Waals surface area contributed by atoms with Gasteiger partial charge in [0.15, 0.2) is 0 Å². The maximum absolute atomic E-state index is 6.39. The summed E-state index contributed by atoms with van der Waals surface area (Å²) < 4.78 is 8.86. The molecule has 0 aliphatic rings. The summed E-state index contributed by atoms with van der Waals surface area (Å²) in [6.07, 6.45) is 0. The highest BCUT2D eigenvalue weighted by Gasteiger charge is 2.21.